The fraction of sp³-hybridized carbons (Fsp3) is 0.417. The second-order valence-electron chi connectivity index (χ2n) is 4.45. The largest absolute Gasteiger partial charge is 0.264 e. The molecule has 0 N–H and O–H groups in total. The maximum absolute atomic E-state index is 11.1. The Kier molecular flexibility index (Phi) is 4.94. The molecule has 0 atom stereocenters. The summed E-state index contributed by atoms with van der Waals surface area (Å²) in [6.45, 7) is 1.91. The topological polar surface area (TPSA) is 87.0 Å². The van der Waals surface area contributed by atoms with Crippen LogP contribution in [-0.2, 0) is 34.4 Å². The summed E-state index contributed by atoms with van der Waals surface area (Å²) in [5, 5.41) is 7.99. The van der Waals surface area contributed by atoms with Crippen molar-refractivity contribution in [2.75, 3.05) is 6.26 Å². The lowest BCUT2D eigenvalue weighted by atomic mass is 10.2. The first-order chi connectivity index (χ1) is 9.81. The van der Waals surface area contributed by atoms with Gasteiger partial charge < -0.3 is 0 Å². The van der Waals surface area contributed by atoms with E-state index in [4.69, 9.17) is 4.18 Å². The molecule has 0 aromatic carbocycles. The van der Waals surface area contributed by atoms with Crippen molar-refractivity contribution in [3.63, 3.8) is 0 Å². The first-order valence-corrected chi connectivity index (χ1v) is 9.10. The van der Waals surface area contributed by atoms with E-state index in [9.17, 15) is 8.42 Å². The molecule has 7 nitrogen and oxygen atoms in total. The van der Waals surface area contributed by atoms with Crippen LogP contribution >= 0.6 is 22.6 Å². The van der Waals surface area contributed by atoms with E-state index in [0.29, 0.717) is 17.1 Å². The molecule has 0 radical (unpaired) electrons. The SMILES string of the molecule is CCc1nc(-c2nnn(C)c2COS(C)(=O)=O)ccc1I. The van der Waals surface area contributed by atoms with Crippen molar-refractivity contribution in [3.8, 4) is 11.4 Å². The summed E-state index contributed by atoms with van der Waals surface area (Å²) >= 11 is 2.23. The molecular formula is C12H15IN4O3S. The molecule has 114 valence electrons. The molecule has 21 heavy (non-hydrogen) atoms. The van der Waals surface area contributed by atoms with Gasteiger partial charge in [-0.25, -0.2) is 9.67 Å². The number of hydrogen-bond donors (Lipinski definition) is 0. The molecule has 0 unspecified atom stereocenters. The third-order valence-corrected chi connectivity index (χ3v) is 4.38. The van der Waals surface area contributed by atoms with Crippen LogP contribution in [0.15, 0.2) is 12.1 Å². The highest BCUT2D eigenvalue weighted by Gasteiger charge is 2.17. The van der Waals surface area contributed by atoms with E-state index in [1.165, 1.54) is 4.68 Å². The number of halogens is 1. The van der Waals surface area contributed by atoms with Crippen molar-refractivity contribution in [2.45, 2.75) is 20.0 Å². The monoisotopic (exact) mass is 422 g/mol. The minimum atomic E-state index is -3.53. The molecule has 0 spiro atoms. The van der Waals surface area contributed by atoms with Crippen LogP contribution in [0.3, 0.4) is 0 Å². The van der Waals surface area contributed by atoms with Crippen molar-refractivity contribution in [3.05, 3.63) is 27.1 Å². The first-order valence-electron chi connectivity index (χ1n) is 6.20. The van der Waals surface area contributed by atoms with Crippen LogP contribution in [-0.4, -0.2) is 34.7 Å². The van der Waals surface area contributed by atoms with Crippen LogP contribution in [0.25, 0.3) is 11.4 Å². The zero-order chi connectivity index (χ0) is 15.6. The van der Waals surface area contributed by atoms with E-state index in [2.05, 4.69) is 37.9 Å². The smallest absolute Gasteiger partial charge is 0.264 e. The Balaban J connectivity index is 2.41. The molecule has 2 aromatic heterocycles. The third-order valence-electron chi connectivity index (χ3n) is 2.85. The average molecular weight is 422 g/mol. The van der Waals surface area contributed by atoms with Crippen molar-refractivity contribution in [1.29, 1.82) is 0 Å². The standard InChI is InChI=1S/C12H15IN4O3S/c1-4-9-8(13)5-6-10(14-9)12-11(17(2)16-15-12)7-20-21(3,18)19/h5-6H,4,7H2,1-3H3. The van der Waals surface area contributed by atoms with Crippen LogP contribution in [0.1, 0.15) is 18.3 Å². The highest BCUT2D eigenvalue weighted by Crippen LogP contribution is 2.22. The summed E-state index contributed by atoms with van der Waals surface area (Å²) in [5.41, 5.74) is 2.73. The van der Waals surface area contributed by atoms with Gasteiger partial charge in [0.05, 0.1) is 23.3 Å². The summed E-state index contributed by atoms with van der Waals surface area (Å²) in [5.74, 6) is 0. The number of hydrogen-bond acceptors (Lipinski definition) is 6. The molecule has 0 saturated carbocycles. The Morgan fingerprint density at radius 3 is 2.71 bits per heavy atom. The fourth-order valence-corrected chi connectivity index (χ4v) is 2.77. The number of aryl methyl sites for hydroxylation is 2. The number of aromatic nitrogens is 4. The quantitative estimate of drug-likeness (QED) is 0.537. The fourth-order valence-electron chi connectivity index (χ4n) is 1.76. The van der Waals surface area contributed by atoms with E-state index >= 15 is 0 Å². The van der Waals surface area contributed by atoms with E-state index < -0.39 is 10.1 Å². The van der Waals surface area contributed by atoms with Gasteiger partial charge in [0.15, 0.2) is 0 Å². The van der Waals surface area contributed by atoms with E-state index in [0.717, 1.165) is 21.9 Å². The van der Waals surface area contributed by atoms with Gasteiger partial charge in [-0.05, 0) is 41.1 Å². The summed E-state index contributed by atoms with van der Waals surface area (Å²) in [6, 6.07) is 3.80. The Labute approximate surface area is 137 Å². The van der Waals surface area contributed by atoms with Gasteiger partial charge in [0.25, 0.3) is 10.1 Å². The molecular weight excluding hydrogens is 407 g/mol. The van der Waals surface area contributed by atoms with Gasteiger partial charge in [-0.15, -0.1) is 5.10 Å². The molecule has 0 aliphatic heterocycles. The second-order valence-corrected chi connectivity index (χ2v) is 7.26. The van der Waals surface area contributed by atoms with Crippen LogP contribution in [0, 0.1) is 3.57 Å². The normalized spacial score (nSPS) is 11.8. The van der Waals surface area contributed by atoms with Gasteiger partial charge in [0, 0.05) is 10.6 Å². The summed E-state index contributed by atoms with van der Waals surface area (Å²) in [7, 11) is -1.84. The summed E-state index contributed by atoms with van der Waals surface area (Å²) in [6.07, 6.45) is 1.82. The van der Waals surface area contributed by atoms with Gasteiger partial charge in [-0.1, -0.05) is 12.1 Å². The Morgan fingerprint density at radius 1 is 1.38 bits per heavy atom. The zero-order valence-electron chi connectivity index (χ0n) is 11.9. The zero-order valence-corrected chi connectivity index (χ0v) is 14.8. The third kappa shape index (κ3) is 3.98. The van der Waals surface area contributed by atoms with E-state index in [-0.39, 0.29) is 6.61 Å². The average Bonchev–Trinajstić information content (AvgIpc) is 2.77. The lowest BCUT2D eigenvalue weighted by molar-refractivity contribution is 0.301. The van der Waals surface area contributed by atoms with E-state index in [1.807, 2.05) is 19.1 Å². The van der Waals surface area contributed by atoms with Gasteiger partial charge in [-0.2, -0.15) is 8.42 Å². The van der Waals surface area contributed by atoms with Crippen molar-refractivity contribution in [1.82, 2.24) is 20.0 Å². The predicted octanol–water partition coefficient (Wildman–Crippen LogP) is 1.52. The Hall–Kier alpha value is -1.07. The van der Waals surface area contributed by atoms with Crippen molar-refractivity contribution < 1.29 is 12.6 Å². The van der Waals surface area contributed by atoms with Gasteiger partial charge >= 0.3 is 0 Å². The lowest BCUT2D eigenvalue weighted by Crippen LogP contribution is -2.07. The number of pyridine rings is 1. The molecule has 9 heteroatoms. The highest BCUT2D eigenvalue weighted by molar-refractivity contribution is 14.1. The lowest BCUT2D eigenvalue weighted by Gasteiger charge is -2.06. The molecule has 0 saturated heterocycles. The van der Waals surface area contributed by atoms with Crippen LogP contribution in [0.2, 0.25) is 0 Å². The first kappa shape index (κ1) is 16.3. The van der Waals surface area contributed by atoms with Crippen molar-refractivity contribution in [2.24, 2.45) is 7.05 Å². The van der Waals surface area contributed by atoms with Crippen LogP contribution < -0.4 is 0 Å². The van der Waals surface area contributed by atoms with Crippen molar-refractivity contribution >= 4 is 32.7 Å². The Bertz CT molecular complexity index is 758. The molecule has 2 rings (SSSR count). The van der Waals surface area contributed by atoms with Gasteiger partial charge in [0.1, 0.15) is 12.3 Å². The number of rotatable bonds is 5. The molecule has 2 heterocycles. The van der Waals surface area contributed by atoms with Crippen LogP contribution in [0.4, 0.5) is 0 Å². The molecule has 0 amide bonds. The summed E-state index contributed by atoms with van der Waals surface area (Å²) < 4.78 is 29.7. The minimum Gasteiger partial charge on any atom is -0.264 e. The maximum atomic E-state index is 11.1. The molecule has 0 bridgehead atoms. The summed E-state index contributed by atoms with van der Waals surface area (Å²) in [4.78, 5) is 4.55. The van der Waals surface area contributed by atoms with Gasteiger partial charge in [0.2, 0.25) is 0 Å². The van der Waals surface area contributed by atoms with E-state index in [1.54, 1.807) is 7.05 Å². The Morgan fingerprint density at radius 2 is 2.10 bits per heavy atom. The second kappa shape index (κ2) is 6.36. The number of nitrogens with zero attached hydrogens (tertiary/aromatic N) is 4. The maximum Gasteiger partial charge on any atom is 0.264 e. The molecule has 0 fully saturated rings. The van der Waals surface area contributed by atoms with Gasteiger partial charge in [-0.3, -0.25) is 4.18 Å². The highest BCUT2D eigenvalue weighted by atomic mass is 127. The molecule has 2 aromatic rings. The van der Waals surface area contributed by atoms with Crippen LogP contribution in [0.5, 0.6) is 0 Å². The predicted molar refractivity (Wildman–Crippen MR) is 86.0 cm³/mol. The molecule has 0 aliphatic rings. The molecule has 0 aliphatic carbocycles. The minimum absolute atomic E-state index is 0.118.